The highest BCUT2D eigenvalue weighted by Crippen LogP contribution is 2.08. The molecule has 0 aliphatic heterocycles. The summed E-state index contributed by atoms with van der Waals surface area (Å²) < 4.78 is 0. The number of nitrogens with zero attached hydrogens (tertiary/aromatic N) is 1. The summed E-state index contributed by atoms with van der Waals surface area (Å²) in [6, 6.07) is 6.66. The predicted octanol–water partition coefficient (Wildman–Crippen LogP) is 2.19. The van der Waals surface area contributed by atoms with Crippen molar-refractivity contribution in [2.75, 3.05) is 13.6 Å². The highest BCUT2D eigenvalue weighted by atomic mass is 16.4. The van der Waals surface area contributed by atoms with Crippen LogP contribution < -0.4 is 0 Å². The Bertz CT molecular complexity index is 412. The molecule has 0 saturated heterocycles. The molecule has 4 heteroatoms. The van der Waals surface area contributed by atoms with E-state index in [0.717, 1.165) is 18.5 Å². The number of benzene rings is 1. The molecule has 0 fully saturated rings. The van der Waals surface area contributed by atoms with Gasteiger partial charge in [-0.3, -0.25) is 4.79 Å². The Morgan fingerprint density at radius 2 is 1.83 bits per heavy atom. The lowest BCUT2D eigenvalue weighted by Crippen LogP contribution is -2.27. The first-order valence-corrected chi connectivity index (χ1v) is 6.10. The number of aromatic carboxylic acids is 1. The van der Waals surface area contributed by atoms with E-state index in [2.05, 4.69) is 0 Å². The molecule has 0 aliphatic carbocycles. The fourth-order valence-electron chi connectivity index (χ4n) is 1.72. The van der Waals surface area contributed by atoms with Crippen molar-refractivity contribution >= 4 is 11.9 Å². The van der Waals surface area contributed by atoms with Crippen molar-refractivity contribution in [3.8, 4) is 0 Å². The van der Waals surface area contributed by atoms with Crippen LogP contribution in [-0.4, -0.2) is 35.5 Å². The summed E-state index contributed by atoms with van der Waals surface area (Å²) in [5.41, 5.74) is 1.26. The van der Waals surface area contributed by atoms with E-state index in [1.54, 1.807) is 36.2 Å². The molecule has 0 spiro atoms. The van der Waals surface area contributed by atoms with Crippen LogP contribution in [-0.2, 0) is 11.2 Å². The molecule has 1 aromatic carbocycles. The Balaban J connectivity index is 2.48. The molecule has 1 amide bonds. The van der Waals surface area contributed by atoms with Gasteiger partial charge < -0.3 is 10.0 Å². The number of hydrogen-bond acceptors (Lipinski definition) is 2. The molecule has 4 nitrogen and oxygen atoms in total. The van der Waals surface area contributed by atoms with Gasteiger partial charge >= 0.3 is 5.97 Å². The third kappa shape index (κ3) is 4.20. The van der Waals surface area contributed by atoms with Gasteiger partial charge in [-0.1, -0.05) is 19.1 Å². The molecule has 0 saturated carbocycles. The molecule has 98 valence electrons. The van der Waals surface area contributed by atoms with Gasteiger partial charge in [0, 0.05) is 20.0 Å². The molecule has 0 bridgehead atoms. The Morgan fingerprint density at radius 3 is 2.33 bits per heavy atom. The standard InChI is InChI=1S/C14H19NO3/c1-3-10-15(2)13(16)9-6-11-4-7-12(8-5-11)14(17)18/h4-5,7-8H,3,6,9-10H2,1-2H3,(H,17,18). The van der Waals surface area contributed by atoms with Crippen LogP contribution in [0.1, 0.15) is 35.7 Å². The number of rotatable bonds is 6. The predicted molar refractivity (Wildman–Crippen MR) is 69.7 cm³/mol. The van der Waals surface area contributed by atoms with Crippen LogP contribution in [0, 0.1) is 0 Å². The molecule has 0 radical (unpaired) electrons. The maximum Gasteiger partial charge on any atom is 0.335 e. The van der Waals surface area contributed by atoms with Crippen molar-refractivity contribution < 1.29 is 14.7 Å². The van der Waals surface area contributed by atoms with Gasteiger partial charge in [0.1, 0.15) is 0 Å². The number of amides is 1. The maximum absolute atomic E-state index is 11.7. The second-order valence-electron chi connectivity index (χ2n) is 4.32. The summed E-state index contributed by atoms with van der Waals surface area (Å²) in [7, 11) is 1.80. The van der Waals surface area contributed by atoms with Crippen molar-refractivity contribution in [3.05, 3.63) is 35.4 Å². The van der Waals surface area contributed by atoms with Gasteiger partial charge in [0.2, 0.25) is 5.91 Å². The third-order valence-electron chi connectivity index (χ3n) is 2.81. The van der Waals surface area contributed by atoms with E-state index in [1.807, 2.05) is 6.92 Å². The highest BCUT2D eigenvalue weighted by molar-refractivity contribution is 5.87. The zero-order valence-corrected chi connectivity index (χ0v) is 10.8. The molecular formula is C14H19NO3. The average molecular weight is 249 g/mol. The van der Waals surface area contributed by atoms with E-state index in [4.69, 9.17) is 5.11 Å². The summed E-state index contributed by atoms with van der Waals surface area (Å²) in [5, 5.41) is 8.76. The van der Waals surface area contributed by atoms with Gasteiger partial charge in [-0.05, 0) is 30.5 Å². The minimum absolute atomic E-state index is 0.124. The number of carboxylic acid groups (broad SMARTS) is 1. The summed E-state index contributed by atoms with van der Waals surface area (Å²) in [6.45, 7) is 2.81. The second kappa shape index (κ2) is 6.79. The molecule has 0 unspecified atom stereocenters. The maximum atomic E-state index is 11.7. The van der Waals surface area contributed by atoms with Crippen LogP contribution in [0.5, 0.6) is 0 Å². The normalized spacial score (nSPS) is 10.1. The third-order valence-corrected chi connectivity index (χ3v) is 2.81. The van der Waals surface area contributed by atoms with E-state index in [0.29, 0.717) is 12.8 Å². The molecule has 18 heavy (non-hydrogen) atoms. The van der Waals surface area contributed by atoms with Crippen LogP contribution in [0.3, 0.4) is 0 Å². The lowest BCUT2D eigenvalue weighted by Gasteiger charge is -2.15. The van der Waals surface area contributed by atoms with Gasteiger partial charge in [-0.25, -0.2) is 4.79 Å². The number of carbonyl (C=O) groups excluding carboxylic acids is 1. The van der Waals surface area contributed by atoms with Gasteiger partial charge in [0.25, 0.3) is 0 Å². The van der Waals surface area contributed by atoms with Crippen molar-refractivity contribution in [2.45, 2.75) is 26.2 Å². The largest absolute Gasteiger partial charge is 0.478 e. The second-order valence-corrected chi connectivity index (χ2v) is 4.32. The molecule has 1 N–H and O–H groups in total. The van der Waals surface area contributed by atoms with Gasteiger partial charge in [-0.2, -0.15) is 0 Å². The van der Waals surface area contributed by atoms with Crippen LogP contribution >= 0.6 is 0 Å². The first-order chi connectivity index (χ1) is 8.54. The van der Waals surface area contributed by atoms with E-state index < -0.39 is 5.97 Å². The lowest BCUT2D eigenvalue weighted by atomic mass is 10.1. The number of hydrogen-bond donors (Lipinski definition) is 1. The van der Waals surface area contributed by atoms with Gasteiger partial charge in [0.15, 0.2) is 0 Å². The van der Waals surface area contributed by atoms with E-state index in [9.17, 15) is 9.59 Å². The Hall–Kier alpha value is -1.84. The summed E-state index contributed by atoms with van der Waals surface area (Å²) in [4.78, 5) is 24.1. The number of carbonyl (C=O) groups is 2. The van der Waals surface area contributed by atoms with Crippen LogP contribution in [0.4, 0.5) is 0 Å². The molecule has 0 atom stereocenters. The zero-order chi connectivity index (χ0) is 13.5. The van der Waals surface area contributed by atoms with Crippen molar-refractivity contribution in [1.29, 1.82) is 0 Å². The molecule has 0 aliphatic rings. The fourth-order valence-corrected chi connectivity index (χ4v) is 1.72. The summed E-state index contributed by atoms with van der Waals surface area (Å²) in [6.07, 6.45) is 2.06. The summed E-state index contributed by atoms with van der Waals surface area (Å²) in [5.74, 6) is -0.806. The van der Waals surface area contributed by atoms with E-state index >= 15 is 0 Å². The van der Waals surface area contributed by atoms with Crippen LogP contribution in [0.2, 0.25) is 0 Å². The van der Waals surface area contributed by atoms with E-state index in [-0.39, 0.29) is 11.5 Å². The highest BCUT2D eigenvalue weighted by Gasteiger charge is 2.08. The number of carboxylic acids is 1. The SMILES string of the molecule is CCCN(C)C(=O)CCc1ccc(C(=O)O)cc1. The Morgan fingerprint density at radius 1 is 1.22 bits per heavy atom. The average Bonchev–Trinajstić information content (AvgIpc) is 2.36. The molecule has 0 aromatic heterocycles. The summed E-state index contributed by atoms with van der Waals surface area (Å²) >= 11 is 0. The molecular weight excluding hydrogens is 230 g/mol. The fraction of sp³-hybridized carbons (Fsp3) is 0.429. The quantitative estimate of drug-likeness (QED) is 0.840. The minimum atomic E-state index is -0.930. The monoisotopic (exact) mass is 249 g/mol. The van der Waals surface area contributed by atoms with Crippen molar-refractivity contribution in [1.82, 2.24) is 4.90 Å². The van der Waals surface area contributed by atoms with E-state index in [1.165, 1.54) is 0 Å². The lowest BCUT2D eigenvalue weighted by molar-refractivity contribution is -0.129. The molecule has 1 aromatic rings. The number of aryl methyl sites for hydroxylation is 1. The molecule has 1 rings (SSSR count). The first kappa shape index (κ1) is 14.2. The van der Waals surface area contributed by atoms with Crippen LogP contribution in [0.25, 0.3) is 0 Å². The van der Waals surface area contributed by atoms with Gasteiger partial charge in [0.05, 0.1) is 5.56 Å². The Kier molecular flexibility index (Phi) is 5.36. The van der Waals surface area contributed by atoms with Crippen molar-refractivity contribution in [3.63, 3.8) is 0 Å². The van der Waals surface area contributed by atoms with Crippen LogP contribution in [0.15, 0.2) is 24.3 Å². The first-order valence-electron chi connectivity index (χ1n) is 6.10. The van der Waals surface area contributed by atoms with Gasteiger partial charge in [-0.15, -0.1) is 0 Å². The molecule has 0 heterocycles. The minimum Gasteiger partial charge on any atom is -0.478 e. The topological polar surface area (TPSA) is 57.6 Å². The smallest absolute Gasteiger partial charge is 0.335 e. The van der Waals surface area contributed by atoms with Crippen molar-refractivity contribution in [2.24, 2.45) is 0 Å². The zero-order valence-electron chi connectivity index (χ0n) is 10.8. The Labute approximate surface area is 107 Å².